The quantitative estimate of drug-likeness (QED) is 0.497. The van der Waals surface area contributed by atoms with E-state index >= 15 is 0 Å². The minimum atomic E-state index is -0.431. The van der Waals surface area contributed by atoms with Crippen molar-refractivity contribution in [1.82, 2.24) is 10.3 Å². The molecule has 1 N–H and O–H groups in total. The molecule has 0 aliphatic rings. The zero-order valence-corrected chi connectivity index (χ0v) is 15.9. The molecule has 134 valence electrons. The summed E-state index contributed by atoms with van der Waals surface area (Å²) in [5.74, 6) is -0.617. The van der Waals surface area contributed by atoms with Crippen LogP contribution < -0.4 is 5.32 Å². The number of amides is 1. The molecule has 0 fully saturated rings. The average molecular weight is 386 g/mol. The van der Waals surface area contributed by atoms with Crippen molar-refractivity contribution < 1.29 is 14.3 Å². The van der Waals surface area contributed by atoms with Crippen LogP contribution in [0.15, 0.2) is 52.9 Å². The fourth-order valence-electron chi connectivity index (χ4n) is 2.18. The normalized spacial score (nSPS) is 10.7. The first-order valence-corrected chi connectivity index (χ1v) is 9.86. The number of hydrogen-bond acceptors (Lipinski definition) is 6. The summed E-state index contributed by atoms with van der Waals surface area (Å²) in [6.45, 7) is 2.15. The van der Waals surface area contributed by atoms with Gasteiger partial charge in [0.05, 0.1) is 16.0 Å². The van der Waals surface area contributed by atoms with Gasteiger partial charge in [0, 0.05) is 6.54 Å². The molecule has 26 heavy (non-hydrogen) atoms. The van der Waals surface area contributed by atoms with Gasteiger partial charge in [-0.1, -0.05) is 53.7 Å². The highest BCUT2D eigenvalue weighted by Crippen LogP contribution is 2.29. The number of nitrogens with zero attached hydrogens (tertiary/aromatic N) is 1. The smallest absolute Gasteiger partial charge is 0.316 e. The zero-order valence-electron chi connectivity index (χ0n) is 14.2. The average Bonchev–Trinajstić information content (AvgIpc) is 3.07. The van der Waals surface area contributed by atoms with Crippen molar-refractivity contribution in [1.29, 1.82) is 0 Å². The Labute approximate surface area is 159 Å². The topological polar surface area (TPSA) is 68.3 Å². The van der Waals surface area contributed by atoms with Crippen LogP contribution in [0.4, 0.5) is 0 Å². The van der Waals surface area contributed by atoms with E-state index in [1.165, 1.54) is 28.7 Å². The standard InChI is InChI=1S/C19H18N2O3S2/c1-13-6-8-14(9-7-13)10-20-17(22)11-24-18(23)12-25-19-21-15-4-2-3-5-16(15)26-19/h2-9H,10-12H2,1H3,(H,20,22). The Hall–Kier alpha value is -2.38. The Morgan fingerprint density at radius 2 is 1.92 bits per heavy atom. The van der Waals surface area contributed by atoms with Gasteiger partial charge in [-0.3, -0.25) is 9.59 Å². The molecule has 0 aliphatic carbocycles. The van der Waals surface area contributed by atoms with Gasteiger partial charge >= 0.3 is 5.97 Å². The number of aryl methyl sites for hydroxylation is 1. The highest BCUT2D eigenvalue weighted by atomic mass is 32.2. The molecular formula is C19H18N2O3S2. The number of benzene rings is 2. The summed E-state index contributed by atoms with van der Waals surface area (Å²) < 4.78 is 6.91. The van der Waals surface area contributed by atoms with Crippen molar-refractivity contribution in [3.63, 3.8) is 0 Å². The van der Waals surface area contributed by atoms with E-state index in [1.54, 1.807) is 0 Å². The number of esters is 1. The number of thioether (sulfide) groups is 1. The molecule has 7 heteroatoms. The molecule has 0 bridgehead atoms. The molecule has 0 saturated carbocycles. The van der Waals surface area contributed by atoms with Gasteiger partial charge in [-0.2, -0.15) is 0 Å². The van der Waals surface area contributed by atoms with E-state index in [-0.39, 0.29) is 18.3 Å². The van der Waals surface area contributed by atoms with Crippen LogP contribution in [-0.4, -0.2) is 29.2 Å². The number of carbonyl (C=O) groups excluding carboxylic acids is 2. The number of ether oxygens (including phenoxy) is 1. The van der Waals surface area contributed by atoms with Crippen molar-refractivity contribution in [3.8, 4) is 0 Å². The summed E-state index contributed by atoms with van der Waals surface area (Å²) in [6.07, 6.45) is 0. The Balaban J connectivity index is 1.37. The van der Waals surface area contributed by atoms with Crippen molar-refractivity contribution in [2.24, 2.45) is 0 Å². The van der Waals surface area contributed by atoms with E-state index in [9.17, 15) is 9.59 Å². The minimum Gasteiger partial charge on any atom is -0.455 e. The number of aromatic nitrogens is 1. The second kappa shape index (κ2) is 8.82. The summed E-state index contributed by atoms with van der Waals surface area (Å²) in [6, 6.07) is 15.7. The monoisotopic (exact) mass is 386 g/mol. The number of thiazole rings is 1. The van der Waals surface area contributed by atoms with Crippen LogP contribution in [0.2, 0.25) is 0 Å². The summed E-state index contributed by atoms with van der Waals surface area (Å²) in [7, 11) is 0. The van der Waals surface area contributed by atoms with E-state index in [2.05, 4.69) is 10.3 Å². The van der Waals surface area contributed by atoms with Crippen LogP contribution >= 0.6 is 23.1 Å². The molecule has 0 spiro atoms. The summed E-state index contributed by atoms with van der Waals surface area (Å²) in [5, 5.41) is 2.73. The molecule has 5 nitrogen and oxygen atoms in total. The maximum absolute atomic E-state index is 11.8. The van der Waals surface area contributed by atoms with Crippen LogP contribution in [0.5, 0.6) is 0 Å². The predicted molar refractivity (Wildman–Crippen MR) is 104 cm³/mol. The number of carbonyl (C=O) groups is 2. The third-order valence-electron chi connectivity index (χ3n) is 3.56. The zero-order chi connectivity index (χ0) is 18.4. The molecule has 1 heterocycles. The van der Waals surface area contributed by atoms with Crippen molar-refractivity contribution in [2.45, 2.75) is 17.8 Å². The van der Waals surface area contributed by atoms with Gasteiger partial charge in [0.15, 0.2) is 10.9 Å². The summed E-state index contributed by atoms with van der Waals surface area (Å²) in [4.78, 5) is 28.0. The van der Waals surface area contributed by atoms with Crippen molar-refractivity contribution in [3.05, 3.63) is 59.7 Å². The lowest BCUT2D eigenvalue weighted by molar-refractivity contribution is -0.145. The van der Waals surface area contributed by atoms with Crippen LogP contribution in [0.1, 0.15) is 11.1 Å². The van der Waals surface area contributed by atoms with Crippen LogP contribution in [0.25, 0.3) is 10.2 Å². The molecule has 0 saturated heterocycles. The van der Waals surface area contributed by atoms with E-state index in [1.807, 2.05) is 55.5 Å². The number of fused-ring (bicyclic) bond motifs is 1. The molecule has 0 aliphatic heterocycles. The fourth-order valence-corrected chi connectivity index (χ4v) is 4.05. The first-order chi connectivity index (χ1) is 12.6. The summed E-state index contributed by atoms with van der Waals surface area (Å²) >= 11 is 2.85. The van der Waals surface area contributed by atoms with Gasteiger partial charge in [0.2, 0.25) is 0 Å². The van der Waals surface area contributed by atoms with Crippen LogP contribution in [-0.2, 0) is 20.9 Å². The molecule has 0 atom stereocenters. The summed E-state index contributed by atoms with van der Waals surface area (Å²) in [5.41, 5.74) is 3.09. The van der Waals surface area contributed by atoms with Gasteiger partial charge in [0.1, 0.15) is 0 Å². The van der Waals surface area contributed by atoms with Gasteiger partial charge in [0.25, 0.3) is 5.91 Å². The largest absolute Gasteiger partial charge is 0.455 e. The Bertz CT molecular complexity index is 874. The highest BCUT2D eigenvalue weighted by Gasteiger charge is 2.10. The minimum absolute atomic E-state index is 0.130. The lowest BCUT2D eigenvalue weighted by Gasteiger charge is -2.06. The molecule has 1 aromatic heterocycles. The van der Waals surface area contributed by atoms with E-state index < -0.39 is 5.97 Å². The lowest BCUT2D eigenvalue weighted by atomic mass is 10.1. The number of hydrogen-bond donors (Lipinski definition) is 1. The maximum Gasteiger partial charge on any atom is 0.316 e. The molecule has 3 aromatic rings. The number of rotatable bonds is 7. The van der Waals surface area contributed by atoms with E-state index in [4.69, 9.17) is 4.74 Å². The fraction of sp³-hybridized carbons (Fsp3) is 0.211. The number of para-hydroxylation sites is 1. The van der Waals surface area contributed by atoms with Crippen LogP contribution in [0.3, 0.4) is 0 Å². The molecule has 0 radical (unpaired) electrons. The van der Waals surface area contributed by atoms with Gasteiger partial charge in [-0.05, 0) is 24.6 Å². The van der Waals surface area contributed by atoms with E-state index in [0.29, 0.717) is 6.54 Å². The first kappa shape index (κ1) is 18.4. The third-order valence-corrected chi connectivity index (χ3v) is 5.72. The Morgan fingerprint density at radius 1 is 1.15 bits per heavy atom. The van der Waals surface area contributed by atoms with Gasteiger partial charge in [-0.25, -0.2) is 4.98 Å². The Morgan fingerprint density at radius 3 is 2.69 bits per heavy atom. The third kappa shape index (κ3) is 5.31. The van der Waals surface area contributed by atoms with Gasteiger partial charge in [-0.15, -0.1) is 11.3 Å². The highest BCUT2D eigenvalue weighted by molar-refractivity contribution is 8.01. The Kier molecular flexibility index (Phi) is 6.25. The van der Waals surface area contributed by atoms with Crippen LogP contribution in [0, 0.1) is 6.92 Å². The molecule has 2 aromatic carbocycles. The number of nitrogens with one attached hydrogen (secondary N) is 1. The maximum atomic E-state index is 11.8. The van der Waals surface area contributed by atoms with Gasteiger partial charge < -0.3 is 10.1 Å². The second-order valence-corrected chi connectivity index (χ2v) is 7.91. The molecule has 3 rings (SSSR count). The second-order valence-electron chi connectivity index (χ2n) is 5.66. The SMILES string of the molecule is Cc1ccc(CNC(=O)COC(=O)CSc2nc3ccccc3s2)cc1. The molecule has 1 amide bonds. The first-order valence-electron chi connectivity index (χ1n) is 8.06. The molecule has 0 unspecified atom stereocenters. The van der Waals surface area contributed by atoms with Crippen molar-refractivity contribution in [2.75, 3.05) is 12.4 Å². The van der Waals surface area contributed by atoms with E-state index in [0.717, 1.165) is 20.1 Å². The molecular weight excluding hydrogens is 368 g/mol. The predicted octanol–water partition coefficient (Wildman–Crippen LogP) is 3.56. The lowest BCUT2D eigenvalue weighted by Crippen LogP contribution is -2.28. The van der Waals surface area contributed by atoms with Crippen molar-refractivity contribution >= 4 is 45.2 Å².